The van der Waals surface area contributed by atoms with Gasteiger partial charge in [0.05, 0.1) is 5.69 Å². The van der Waals surface area contributed by atoms with E-state index in [1.54, 1.807) is 24.3 Å². The summed E-state index contributed by atoms with van der Waals surface area (Å²) in [7, 11) is -3.62. The summed E-state index contributed by atoms with van der Waals surface area (Å²) in [6, 6.07) is 12.1. The maximum atomic E-state index is 12.8. The average Bonchev–Trinajstić information content (AvgIpc) is 2.57. The molecule has 24 heavy (non-hydrogen) atoms. The van der Waals surface area contributed by atoms with E-state index in [1.807, 2.05) is 0 Å². The molecule has 0 spiro atoms. The molecule has 0 bridgehead atoms. The highest BCUT2D eigenvalue weighted by Gasteiger charge is 2.30. The van der Waals surface area contributed by atoms with Crippen LogP contribution in [0.3, 0.4) is 0 Å². The molecule has 0 fully saturated rings. The Morgan fingerprint density at radius 1 is 1.08 bits per heavy atom. The van der Waals surface area contributed by atoms with Crippen LogP contribution >= 0.6 is 0 Å². The zero-order chi connectivity index (χ0) is 17.2. The van der Waals surface area contributed by atoms with Crippen molar-refractivity contribution in [3.05, 3.63) is 59.9 Å². The summed E-state index contributed by atoms with van der Waals surface area (Å²) in [5.41, 5.74) is 0.835. The number of halogens is 1. The van der Waals surface area contributed by atoms with Gasteiger partial charge in [-0.05, 0) is 36.4 Å². The zero-order valence-corrected chi connectivity index (χ0v) is 13.6. The number of sulfonamides is 1. The number of ether oxygens (including phenoxy) is 1. The first-order chi connectivity index (χ1) is 11.5. The molecule has 1 aliphatic heterocycles. The summed E-state index contributed by atoms with van der Waals surface area (Å²) < 4.78 is 44.6. The van der Waals surface area contributed by atoms with Gasteiger partial charge >= 0.3 is 0 Å². The molecule has 2 aromatic carbocycles. The van der Waals surface area contributed by atoms with Crippen LogP contribution in [0, 0.1) is 5.82 Å². The minimum atomic E-state index is -3.62. The number of fused-ring (bicyclic) bond motifs is 1. The van der Waals surface area contributed by atoms with Gasteiger partial charge in [-0.3, -0.25) is 9.10 Å². The molecule has 1 heterocycles. The number of benzene rings is 2. The van der Waals surface area contributed by atoms with Gasteiger partial charge in [0, 0.05) is 18.5 Å². The van der Waals surface area contributed by atoms with Gasteiger partial charge in [0.15, 0.2) is 5.78 Å². The fourth-order valence-corrected chi connectivity index (χ4v) is 3.92. The van der Waals surface area contributed by atoms with Crippen LogP contribution < -0.4 is 9.04 Å². The van der Waals surface area contributed by atoms with Crippen molar-refractivity contribution < 1.29 is 22.3 Å². The van der Waals surface area contributed by atoms with Crippen molar-refractivity contribution in [3.63, 3.8) is 0 Å². The van der Waals surface area contributed by atoms with E-state index in [2.05, 4.69) is 0 Å². The number of carbonyl (C=O) groups excluding carboxylic acids is 1. The summed E-state index contributed by atoms with van der Waals surface area (Å²) in [6.07, 6.45) is 0.162. The lowest BCUT2D eigenvalue weighted by atomic mass is 10.0. The fourth-order valence-electron chi connectivity index (χ4n) is 2.58. The summed E-state index contributed by atoms with van der Waals surface area (Å²) in [6.45, 7) is 0.0787. The van der Waals surface area contributed by atoms with Crippen molar-refractivity contribution in [1.29, 1.82) is 0 Å². The molecular formula is C17H16FNO4S. The standard InChI is InChI=1S/C17H16FNO4S/c18-13-5-7-14(8-6-13)23-11-12-24(21,22)19-10-9-17(20)15-3-1-2-4-16(15)19/h1-8H,9-12H2. The first-order valence-corrected chi connectivity index (χ1v) is 9.09. The Labute approximate surface area is 139 Å². The number of Topliss-reactive ketones (excluding diaryl/α,β-unsaturated/α-hetero) is 1. The molecule has 0 saturated heterocycles. The first kappa shape index (κ1) is 16.4. The minimum Gasteiger partial charge on any atom is -0.492 e. The number of rotatable bonds is 5. The largest absolute Gasteiger partial charge is 0.492 e. The SMILES string of the molecule is O=C1CCN(S(=O)(=O)CCOc2ccc(F)cc2)c2ccccc21. The molecule has 3 rings (SSSR count). The first-order valence-electron chi connectivity index (χ1n) is 7.48. The molecule has 0 saturated carbocycles. The molecule has 5 nitrogen and oxygen atoms in total. The van der Waals surface area contributed by atoms with Crippen LogP contribution in [0.5, 0.6) is 5.75 Å². The Bertz CT molecular complexity index is 849. The minimum absolute atomic E-state index is 0.0550. The van der Waals surface area contributed by atoms with Crippen LogP contribution in [-0.4, -0.2) is 33.1 Å². The summed E-state index contributed by atoms with van der Waals surface area (Å²) in [5.74, 6) is -0.266. The number of hydrogen-bond donors (Lipinski definition) is 0. The van der Waals surface area contributed by atoms with Crippen LogP contribution in [-0.2, 0) is 10.0 Å². The summed E-state index contributed by atoms with van der Waals surface area (Å²) in [4.78, 5) is 11.9. The van der Waals surface area contributed by atoms with Gasteiger partial charge < -0.3 is 4.74 Å². The van der Waals surface area contributed by atoms with Crippen molar-refractivity contribution in [2.24, 2.45) is 0 Å². The van der Waals surface area contributed by atoms with Crippen molar-refractivity contribution in [2.45, 2.75) is 6.42 Å². The van der Waals surface area contributed by atoms with E-state index < -0.39 is 10.0 Å². The quantitative estimate of drug-likeness (QED) is 0.832. The number of hydrogen-bond acceptors (Lipinski definition) is 4. The number of nitrogens with zero attached hydrogens (tertiary/aromatic N) is 1. The zero-order valence-electron chi connectivity index (χ0n) is 12.8. The topological polar surface area (TPSA) is 63.7 Å². The highest BCUT2D eigenvalue weighted by molar-refractivity contribution is 7.92. The normalized spacial score (nSPS) is 14.4. The number of carbonyl (C=O) groups is 1. The van der Waals surface area contributed by atoms with Gasteiger partial charge in [0.1, 0.15) is 23.9 Å². The molecule has 0 amide bonds. The molecule has 0 aliphatic carbocycles. The van der Waals surface area contributed by atoms with E-state index in [9.17, 15) is 17.6 Å². The van der Waals surface area contributed by atoms with Crippen LogP contribution in [0.25, 0.3) is 0 Å². The predicted molar refractivity (Wildman–Crippen MR) is 88.4 cm³/mol. The van der Waals surface area contributed by atoms with Crippen molar-refractivity contribution in [2.75, 3.05) is 23.2 Å². The highest BCUT2D eigenvalue weighted by Crippen LogP contribution is 2.29. The molecule has 7 heteroatoms. The van der Waals surface area contributed by atoms with E-state index in [4.69, 9.17) is 4.74 Å². The third-order valence-corrected chi connectivity index (χ3v) is 5.51. The predicted octanol–water partition coefficient (Wildman–Crippen LogP) is 2.63. The molecule has 2 aromatic rings. The van der Waals surface area contributed by atoms with E-state index in [1.165, 1.54) is 28.6 Å². The maximum Gasteiger partial charge on any atom is 0.238 e. The Balaban J connectivity index is 1.71. The van der Waals surface area contributed by atoms with Crippen LogP contribution in [0.15, 0.2) is 48.5 Å². The van der Waals surface area contributed by atoms with Crippen LogP contribution in [0.2, 0.25) is 0 Å². The van der Waals surface area contributed by atoms with Crippen LogP contribution in [0.1, 0.15) is 16.8 Å². The fraction of sp³-hybridized carbons (Fsp3) is 0.235. The van der Waals surface area contributed by atoms with Gasteiger partial charge in [0.25, 0.3) is 0 Å². The van der Waals surface area contributed by atoms with Crippen LogP contribution in [0.4, 0.5) is 10.1 Å². The second-order valence-electron chi connectivity index (χ2n) is 5.38. The lowest BCUT2D eigenvalue weighted by Crippen LogP contribution is -2.39. The second-order valence-corrected chi connectivity index (χ2v) is 7.39. The monoisotopic (exact) mass is 349 g/mol. The summed E-state index contributed by atoms with van der Waals surface area (Å²) in [5, 5.41) is 0. The number of anilines is 1. The van der Waals surface area contributed by atoms with Gasteiger partial charge in [-0.25, -0.2) is 12.8 Å². The molecular weight excluding hydrogens is 333 g/mol. The lowest BCUT2D eigenvalue weighted by Gasteiger charge is -2.29. The van der Waals surface area contributed by atoms with Gasteiger partial charge in [0.2, 0.25) is 10.0 Å². The molecule has 0 radical (unpaired) electrons. The van der Waals surface area contributed by atoms with Gasteiger partial charge in [-0.15, -0.1) is 0 Å². The number of ketones is 1. The Morgan fingerprint density at radius 3 is 2.54 bits per heavy atom. The average molecular weight is 349 g/mol. The van der Waals surface area contributed by atoms with Crippen molar-refractivity contribution in [1.82, 2.24) is 0 Å². The lowest BCUT2D eigenvalue weighted by molar-refractivity contribution is 0.0982. The second kappa shape index (κ2) is 6.60. The molecule has 0 N–H and O–H groups in total. The maximum absolute atomic E-state index is 12.8. The molecule has 1 aliphatic rings. The third-order valence-electron chi connectivity index (χ3n) is 3.77. The van der Waals surface area contributed by atoms with Gasteiger partial charge in [-0.2, -0.15) is 0 Å². The van der Waals surface area contributed by atoms with E-state index in [0.29, 0.717) is 17.0 Å². The Morgan fingerprint density at radius 2 is 1.79 bits per heavy atom. The van der Waals surface area contributed by atoms with E-state index in [-0.39, 0.29) is 36.9 Å². The number of para-hydroxylation sites is 1. The smallest absolute Gasteiger partial charge is 0.238 e. The van der Waals surface area contributed by atoms with E-state index in [0.717, 1.165) is 0 Å². The Hall–Kier alpha value is -2.41. The van der Waals surface area contributed by atoms with E-state index >= 15 is 0 Å². The third kappa shape index (κ3) is 3.41. The molecule has 0 unspecified atom stereocenters. The van der Waals surface area contributed by atoms with Gasteiger partial charge in [-0.1, -0.05) is 12.1 Å². The van der Waals surface area contributed by atoms with Crippen molar-refractivity contribution >= 4 is 21.5 Å². The van der Waals surface area contributed by atoms with Crippen molar-refractivity contribution in [3.8, 4) is 5.75 Å². The molecule has 0 aromatic heterocycles. The molecule has 126 valence electrons. The Kier molecular flexibility index (Phi) is 4.53. The highest BCUT2D eigenvalue weighted by atomic mass is 32.2. The summed E-state index contributed by atoms with van der Waals surface area (Å²) >= 11 is 0. The molecule has 0 atom stereocenters.